The lowest BCUT2D eigenvalue weighted by Crippen LogP contribution is -2.50. The summed E-state index contributed by atoms with van der Waals surface area (Å²) in [5.74, 6) is 1.16. The van der Waals surface area contributed by atoms with Crippen LogP contribution in [-0.2, 0) is 9.53 Å². The Labute approximate surface area is 161 Å². The summed E-state index contributed by atoms with van der Waals surface area (Å²) in [6, 6.07) is 2.10. The van der Waals surface area contributed by atoms with Crippen LogP contribution in [-0.4, -0.2) is 64.6 Å². The Bertz CT molecular complexity index is 940. The molecule has 2 saturated heterocycles. The maximum absolute atomic E-state index is 12.6. The van der Waals surface area contributed by atoms with Crippen molar-refractivity contribution in [1.29, 1.82) is 0 Å². The van der Waals surface area contributed by atoms with Crippen LogP contribution in [0.3, 0.4) is 0 Å². The van der Waals surface area contributed by atoms with Gasteiger partial charge in [-0.1, -0.05) is 0 Å². The van der Waals surface area contributed by atoms with Crippen LogP contribution in [0.2, 0.25) is 0 Å². The van der Waals surface area contributed by atoms with Gasteiger partial charge in [0.2, 0.25) is 5.91 Å². The number of anilines is 1. The molecule has 5 heterocycles. The van der Waals surface area contributed by atoms with Gasteiger partial charge in [-0.25, -0.2) is 9.97 Å². The van der Waals surface area contributed by atoms with E-state index in [0.29, 0.717) is 13.2 Å². The van der Waals surface area contributed by atoms with Crippen molar-refractivity contribution >= 4 is 28.7 Å². The predicted molar refractivity (Wildman–Crippen MR) is 104 cm³/mol. The van der Waals surface area contributed by atoms with E-state index in [-0.39, 0.29) is 11.8 Å². The zero-order valence-electron chi connectivity index (χ0n) is 15.0. The van der Waals surface area contributed by atoms with Gasteiger partial charge in [0.1, 0.15) is 0 Å². The van der Waals surface area contributed by atoms with Gasteiger partial charge in [0.05, 0.1) is 24.4 Å². The molecule has 0 bridgehead atoms. The van der Waals surface area contributed by atoms with Crippen LogP contribution in [0.1, 0.15) is 6.42 Å². The molecule has 1 amide bonds. The Morgan fingerprint density at radius 2 is 2.11 bits per heavy atom. The van der Waals surface area contributed by atoms with Crippen molar-refractivity contribution in [3.8, 4) is 11.3 Å². The minimum Gasteiger partial charge on any atom is -0.381 e. The van der Waals surface area contributed by atoms with Gasteiger partial charge in [-0.15, -0.1) is 0 Å². The van der Waals surface area contributed by atoms with Crippen LogP contribution in [0.5, 0.6) is 0 Å². The molecule has 2 fully saturated rings. The highest BCUT2D eigenvalue weighted by Gasteiger charge is 2.31. The molecule has 1 atom stereocenters. The SMILES string of the molecule is O=C(C1CCOC1)N1CCN(c2ncc(-c3ccsc3)n3ccnc23)CC1. The number of amides is 1. The van der Waals surface area contributed by atoms with E-state index in [1.54, 1.807) is 11.3 Å². The summed E-state index contributed by atoms with van der Waals surface area (Å²) < 4.78 is 7.46. The van der Waals surface area contributed by atoms with Crippen LogP contribution in [0.4, 0.5) is 5.82 Å². The molecular formula is C19H21N5O2S. The lowest BCUT2D eigenvalue weighted by atomic mass is 10.1. The number of nitrogens with zero attached hydrogens (tertiary/aromatic N) is 5. The summed E-state index contributed by atoms with van der Waals surface area (Å²) in [4.78, 5) is 26.1. The van der Waals surface area contributed by atoms with E-state index in [0.717, 1.165) is 55.3 Å². The lowest BCUT2D eigenvalue weighted by molar-refractivity contribution is -0.135. The molecule has 3 aromatic rings. The van der Waals surface area contributed by atoms with Gasteiger partial charge in [0.25, 0.3) is 0 Å². The van der Waals surface area contributed by atoms with Gasteiger partial charge in [-0.05, 0) is 17.9 Å². The Hall–Kier alpha value is -2.45. The molecule has 2 aliphatic rings. The van der Waals surface area contributed by atoms with Crippen molar-refractivity contribution in [2.24, 2.45) is 5.92 Å². The van der Waals surface area contributed by atoms with Crippen LogP contribution >= 0.6 is 11.3 Å². The molecule has 8 heteroatoms. The average Bonchev–Trinajstić information content (AvgIpc) is 3.49. The minimum atomic E-state index is 0.0403. The summed E-state index contributed by atoms with van der Waals surface area (Å²) in [6.07, 6.45) is 6.56. The monoisotopic (exact) mass is 383 g/mol. The van der Waals surface area contributed by atoms with Gasteiger partial charge < -0.3 is 14.5 Å². The third-order valence-electron chi connectivity index (χ3n) is 5.40. The van der Waals surface area contributed by atoms with E-state index in [1.807, 2.05) is 23.5 Å². The number of carbonyl (C=O) groups is 1. The number of aromatic nitrogens is 3. The molecule has 0 aliphatic carbocycles. The first-order valence-corrected chi connectivity index (χ1v) is 10.2. The summed E-state index contributed by atoms with van der Waals surface area (Å²) in [7, 11) is 0. The Morgan fingerprint density at radius 3 is 2.85 bits per heavy atom. The van der Waals surface area contributed by atoms with Gasteiger partial charge >= 0.3 is 0 Å². The number of fused-ring (bicyclic) bond motifs is 1. The predicted octanol–water partition coefficient (Wildman–Crippen LogP) is 2.14. The van der Waals surface area contributed by atoms with E-state index in [1.165, 1.54) is 0 Å². The van der Waals surface area contributed by atoms with Crippen molar-refractivity contribution in [1.82, 2.24) is 19.3 Å². The van der Waals surface area contributed by atoms with Crippen molar-refractivity contribution in [2.45, 2.75) is 6.42 Å². The first-order valence-electron chi connectivity index (χ1n) is 9.27. The summed E-state index contributed by atoms with van der Waals surface area (Å²) >= 11 is 1.67. The van der Waals surface area contributed by atoms with Crippen molar-refractivity contribution in [3.05, 3.63) is 35.4 Å². The number of piperazine rings is 1. The third kappa shape index (κ3) is 2.98. The van der Waals surface area contributed by atoms with Crippen LogP contribution in [0.25, 0.3) is 16.9 Å². The molecule has 27 heavy (non-hydrogen) atoms. The zero-order valence-corrected chi connectivity index (χ0v) is 15.8. The maximum Gasteiger partial charge on any atom is 0.228 e. The van der Waals surface area contributed by atoms with Gasteiger partial charge in [0, 0.05) is 56.1 Å². The van der Waals surface area contributed by atoms with Crippen LogP contribution in [0, 0.1) is 5.92 Å². The molecule has 0 spiro atoms. The molecule has 5 rings (SSSR count). The Morgan fingerprint density at radius 1 is 1.22 bits per heavy atom. The van der Waals surface area contributed by atoms with E-state index < -0.39 is 0 Å². The fraction of sp³-hybridized carbons (Fsp3) is 0.421. The summed E-state index contributed by atoms with van der Waals surface area (Å²) in [5.41, 5.74) is 3.06. The highest BCUT2D eigenvalue weighted by molar-refractivity contribution is 7.08. The van der Waals surface area contributed by atoms with Gasteiger partial charge in [-0.3, -0.25) is 9.20 Å². The van der Waals surface area contributed by atoms with Crippen LogP contribution < -0.4 is 4.90 Å². The van der Waals surface area contributed by atoms with E-state index >= 15 is 0 Å². The second kappa shape index (κ2) is 6.94. The average molecular weight is 383 g/mol. The normalized spacial score (nSPS) is 20.5. The minimum absolute atomic E-state index is 0.0403. The number of ether oxygens (including phenoxy) is 1. The Kier molecular flexibility index (Phi) is 4.29. The maximum atomic E-state index is 12.6. The molecule has 3 aromatic heterocycles. The standard InChI is InChI=1S/C19H21N5O2S/c25-19(14-1-9-26-12-14)23-7-5-22(6-8-23)17-18-20-3-4-24(18)16(11-21-17)15-2-10-27-13-15/h2-4,10-11,13-14H,1,5-9,12H2. The number of carbonyl (C=O) groups excluding carboxylic acids is 1. The molecule has 140 valence electrons. The molecule has 2 aliphatic heterocycles. The highest BCUT2D eigenvalue weighted by Crippen LogP contribution is 2.27. The summed E-state index contributed by atoms with van der Waals surface area (Å²) in [6.45, 7) is 4.25. The van der Waals surface area contributed by atoms with Crippen molar-refractivity contribution in [2.75, 3.05) is 44.3 Å². The van der Waals surface area contributed by atoms with Crippen LogP contribution in [0.15, 0.2) is 35.4 Å². The second-order valence-corrected chi connectivity index (χ2v) is 7.75. The van der Waals surface area contributed by atoms with E-state index in [9.17, 15) is 4.79 Å². The largest absolute Gasteiger partial charge is 0.381 e. The van der Waals surface area contributed by atoms with E-state index in [4.69, 9.17) is 9.72 Å². The third-order valence-corrected chi connectivity index (χ3v) is 6.08. The molecule has 7 nitrogen and oxygen atoms in total. The molecule has 0 saturated carbocycles. The topological polar surface area (TPSA) is 63.0 Å². The first-order chi connectivity index (χ1) is 13.3. The second-order valence-electron chi connectivity index (χ2n) is 6.97. The lowest BCUT2D eigenvalue weighted by Gasteiger charge is -2.36. The fourth-order valence-electron chi connectivity index (χ4n) is 3.88. The number of hydrogen-bond donors (Lipinski definition) is 0. The number of imidazole rings is 1. The quantitative estimate of drug-likeness (QED) is 0.693. The number of rotatable bonds is 3. The highest BCUT2D eigenvalue weighted by atomic mass is 32.1. The van der Waals surface area contributed by atoms with Gasteiger partial charge in [0.15, 0.2) is 11.5 Å². The molecule has 0 N–H and O–H groups in total. The summed E-state index contributed by atoms with van der Waals surface area (Å²) in [5, 5.41) is 4.19. The van der Waals surface area contributed by atoms with Gasteiger partial charge in [-0.2, -0.15) is 11.3 Å². The number of thiophene rings is 1. The first kappa shape index (κ1) is 16.7. The van der Waals surface area contributed by atoms with E-state index in [2.05, 4.69) is 31.1 Å². The number of hydrogen-bond acceptors (Lipinski definition) is 6. The molecule has 1 unspecified atom stereocenters. The van der Waals surface area contributed by atoms with Crippen molar-refractivity contribution in [3.63, 3.8) is 0 Å². The van der Waals surface area contributed by atoms with Crippen molar-refractivity contribution < 1.29 is 9.53 Å². The zero-order chi connectivity index (χ0) is 18.2. The fourth-order valence-corrected chi connectivity index (χ4v) is 4.53. The Balaban J connectivity index is 1.36. The molecule has 0 aromatic carbocycles. The molecule has 0 radical (unpaired) electrons. The molecular weight excluding hydrogens is 362 g/mol. The smallest absolute Gasteiger partial charge is 0.228 e.